The molecule has 0 aromatic rings. The van der Waals surface area contributed by atoms with Crippen LogP contribution in [0.25, 0.3) is 0 Å². The SMILES string of the molecule is [3H]OCCCCC=C. The number of unbranched alkanes of at least 4 members (excludes halogenated alkanes) is 2. The maximum Gasteiger partial charge on any atom is 0.210 e. The van der Waals surface area contributed by atoms with Gasteiger partial charge in [0, 0.05) is 6.61 Å². The van der Waals surface area contributed by atoms with Crippen LogP contribution in [0.15, 0.2) is 12.7 Å². The van der Waals surface area contributed by atoms with Crippen LogP contribution in [0.4, 0.5) is 0 Å². The van der Waals surface area contributed by atoms with E-state index in [0.29, 0.717) is 6.61 Å². The Labute approximate surface area is 46.2 Å². The number of aliphatic hydroxyl groups is 1. The van der Waals surface area contributed by atoms with Crippen LogP contribution in [-0.4, -0.2) is 13.1 Å². The smallest absolute Gasteiger partial charge is 0.210 e. The van der Waals surface area contributed by atoms with Gasteiger partial charge < -0.3 is 5.11 Å². The summed E-state index contributed by atoms with van der Waals surface area (Å²) in [5, 5.41) is 4.10. The summed E-state index contributed by atoms with van der Waals surface area (Å²) in [6.07, 6.45) is 4.96. The van der Waals surface area contributed by atoms with Gasteiger partial charge in [-0.1, -0.05) is 6.08 Å². The lowest BCUT2D eigenvalue weighted by molar-refractivity contribution is 0.285. The molecular weight excluding hydrogens is 88.1 g/mol. The summed E-state index contributed by atoms with van der Waals surface area (Å²) in [6.45, 7) is 4.12. The molecule has 0 saturated carbocycles. The molecule has 0 heterocycles. The van der Waals surface area contributed by atoms with Gasteiger partial charge in [-0.25, -0.2) is 0 Å². The van der Waals surface area contributed by atoms with E-state index < -0.39 is 0 Å². The van der Waals surface area contributed by atoms with Gasteiger partial charge in [0.15, 0.2) is 0 Å². The fraction of sp³-hybridized carbons (Fsp3) is 0.667. The Morgan fingerprint density at radius 1 is 1.71 bits per heavy atom. The van der Waals surface area contributed by atoms with E-state index in [0.717, 1.165) is 19.3 Å². The minimum absolute atomic E-state index is 0.549. The number of allylic oxidation sites excluding steroid dienone is 1. The van der Waals surface area contributed by atoms with E-state index in [1.165, 1.54) is 0 Å². The third kappa shape index (κ3) is 5.70. The maximum absolute atomic E-state index is 6.31. The number of aliphatic hydroxyl groups excluding tert-OH is 1. The zero-order chi connectivity index (χ0) is 6.24. The third-order valence-corrected chi connectivity index (χ3v) is 0.803. The molecular formula is C6H12O. The van der Waals surface area contributed by atoms with Crippen LogP contribution in [0.2, 0.25) is 0 Å². The molecule has 0 bridgehead atoms. The zero-order valence-electron chi connectivity index (χ0n) is 5.52. The standard InChI is InChI=1S/C6H12O/c1-2-3-4-5-6-7/h2,7H,1,3-6H2/i7T. The van der Waals surface area contributed by atoms with Crippen LogP contribution in [0.5, 0.6) is 0 Å². The first-order valence-electron chi connectivity index (χ1n) is 3.01. The van der Waals surface area contributed by atoms with E-state index in [4.69, 9.17) is 1.43 Å². The third-order valence-electron chi connectivity index (χ3n) is 0.803. The molecule has 0 amide bonds. The van der Waals surface area contributed by atoms with Crippen molar-refractivity contribution in [3.8, 4) is 0 Å². The Hall–Kier alpha value is -0.300. The summed E-state index contributed by atoms with van der Waals surface area (Å²) in [7, 11) is 0. The highest BCUT2D eigenvalue weighted by Crippen LogP contribution is 1.92. The van der Waals surface area contributed by atoms with Gasteiger partial charge in [0.2, 0.25) is 1.43 Å². The van der Waals surface area contributed by atoms with Gasteiger partial charge in [0.25, 0.3) is 0 Å². The normalized spacial score (nSPS) is 10.6. The van der Waals surface area contributed by atoms with Crippen LogP contribution < -0.4 is 0 Å². The van der Waals surface area contributed by atoms with E-state index in [1.54, 1.807) is 0 Å². The number of rotatable bonds is 5. The molecule has 42 valence electrons. The lowest BCUT2D eigenvalue weighted by atomic mass is 10.2. The molecule has 0 aliphatic carbocycles. The average Bonchev–Trinajstić information content (AvgIpc) is 1.81. The highest BCUT2D eigenvalue weighted by Gasteiger charge is 1.78. The first-order chi connectivity index (χ1) is 3.91. The first-order valence-corrected chi connectivity index (χ1v) is 2.61. The summed E-state index contributed by atoms with van der Waals surface area (Å²) in [4.78, 5) is 0. The molecule has 0 radical (unpaired) electrons. The summed E-state index contributed by atoms with van der Waals surface area (Å²) in [5.41, 5.74) is 0. The maximum atomic E-state index is 6.31. The van der Waals surface area contributed by atoms with Crippen molar-refractivity contribution < 1.29 is 5.11 Å². The van der Waals surface area contributed by atoms with Gasteiger partial charge in [-0.15, -0.1) is 6.58 Å². The Morgan fingerprint density at radius 3 is 3.14 bits per heavy atom. The molecule has 0 aromatic heterocycles. The van der Waals surface area contributed by atoms with Gasteiger partial charge in [-0.3, -0.25) is 0 Å². The largest absolute Gasteiger partial charge is 0.396 e. The minimum Gasteiger partial charge on any atom is -0.396 e. The summed E-state index contributed by atoms with van der Waals surface area (Å²) in [6, 6.07) is 0. The van der Waals surface area contributed by atoms with Crippen molar-refractivity contribution in [2.24, 2.45) is 0 Å². The van der Waals surface area contributed by atoms with Crippen LogP contribution in [0, 0.1) is 0 Å². The zero-order valence-corrected chi connectivity index (χ0v) is 4.52. The molecule has 0 aliphatic heterocycles. The quantitative estimate of drug-likeness (QED) is 0.410. The Morgan fingerprint density at radius 2 is 2.57 bits per heavy atom. The fourth-order valence-corrected chi connectivity index (χ4v) is 0.391. The Kier molecular flexibility index (Phi) is 3.95. The highest BCUT2D eigenvalue weighted by molar-refractivity contribution is 4.64. The topological polar surface area (TPSA) is 20.2 Å². The molecule has 1 nitrogen and oxygen atoms in total. The van der Waals surface area contributed by atoms with E-state index >= 15 is 0 Å². The average molecular weight is 102 g/mol. The van der Waals surface area contributed by atoms with Crippen LogP contribution in [-0.2, 0) is 0 Å². The lowest BCUT2D eigenvalue weighted by Crippen LogP contribution is -1.79. The van der Waals surface area contributed by atoms with E-state index in [1.807, 2.05) is 6.08 Å². The van der Waals surface area contributed by atoms with Crippen LogP contribution in [0.3, 0.4) is 0 Å². The van der Waals surface area contributed by atoms with Crippen molar-refractivity contribution in [2.45, 2.75) is 19.3 Å². The second-order valence-electron chi connectivity index (χ2n) is 1.49. The monoisotopic (exact) mass is 102 g/mol. The molecule has 1 N–H and O–H groups in total. The molecule has 0 saturated heterocycles. The van der Waals surface area contributed by atoms with Crippen LogP contribution in [0.1, 0.15) is 19.3 Å². The van der Waals surface area contributed by atoms with Crippen molar-refractivity contribution in [3.05, 3.63) is 12.7 Å². The molecule has 0 aliphatic rings. The lowest BCUT2D eigenvalue weighted by Gasteiger charge is -1.87. The molecule has 0 aromatic carbocycles. The molecule has 0 fully saturated rings. The van der Waals surface area contributed by atoms with E-state index in [2.05, 4.69) is 11.7 Å². The molecule has 0 rings (SSSR count). The van der Waals surface area contributed by atoms with Gasteiger partial charge in [0.1, 0.15) is 0 Å². The highest BCUT2D eigenvalue weighted by atomic mass is 16.2. The van der Waals surface area contributed by atoms with Crippen molar-refractivity contribution in [1.82, 2.24) is 0 Å². The number of hydrogen-bond acceptors (Lipinski definition) is 1. The van der Waals surface area contributed by atoms with Gasteiger partial charge in [-0.2, -0.15) is 0 Å². The number of hydrogen-bond donors (Lipinski definition) is 1. The van der Waals surface area contributed by atoms with E-state index in [-0.39, 0.29) is 0 Å². The summed E-state index contributed by atoms with van der Waals surface area (Å²) in [5.74, 6) is 0. The minimum atomic E-state index is 0.549. The second kappa shape index (κ2) is 5.70. The second-order valence-corrected chi connectivity index (χ2v) is 1.49. The summed E-state index contributed by atoms with van der Waals surface area (Å²) >= 11 is 0. The molecule has 0 spiro atoms. The molecule has 1 heteroatoms. The van der Waals surface area contributed by atoms with Gasteiger partial charge in [-0.05, 0) is 19.3 Å². The van der Waals surface area contributed by atoms with Crippen molar-refractivity contribution in [2.75, 3.05) is 6.61 Å². The first kappa shape index (κ1) is 4.85. The molecule has 0 atom stereocenters. The Balaban J connectivity index is 2.62. The molecule has 0 unspecified atom stereocenters. The van der Waals surface area contributed by atoms with Crippen molar-refractivity contribution in [3.63, 3.8) is 0 Å². The molecule has 7 heavy (non-hydrogen) atoms. The fourth-order valence-electron chi connectivity index (χ4n) is 0.391. The van der Waals surface area contributed by atoms with Crippen molar-refractivity contribution >= 4 is 0 Å². The Bertz CT molecular complexity index is 54.5. The van der Waals surface area contributed by atoms with E-state index in [9.17, 15) is 0 Å². The predicted molar refractivity (Wildman–Crippen MR) is 31.1 cm³/mol. The van der Waals surface area contributed by atoms with Crippen molar-refractivity contribution in [1.29, 1.82) is 1.43 Å². The van der Waals surface area contributed by atoms with Gasteiger partial charge in [0.05, 0.1) is 0 Å². The van der Waals surface area contributed by atoms with Crippen LogP contribution >= 0.6 is 0 Å². The predicted octanol–water partition coefficient (Wildman–Crippen LogP) is 1.33. The summed E-state index contributed by atoms with van der Waals surface area (Å²) < 4.78 is 6.31. The van der Waals surface area contributed by atoms with Gasteiger partial charge >= 0.3 is 0 Å².